The second-order valence-corrected chi connectivity index (χ2v) is 6.07. The van der Waals surface area contributed by atoms with Crippen LogP contribution < -0.4 is 5.32 Å². The predicted molar refractivity (Wildman–Crippen MR) is 101 cm³/mol. The number of hydrogen-bond acceptors (Lipinski definition) is 9. The molecule has 29 heavy (non-hydrogen) atoms. The van der Waals surface area contributed by atoms with E-state index in [1.54, 1.807) is 13.0 Å². The maximum Gasteiger partial charge on any atom is 0.513 e. The van der Waals surface area contributed by atoms with E-state index in [4.69, 9.17) is 9.47 Å². The number of allylic oxidation sites excluding steroid dienone is 2. The smallest absolute Gasteiger partial charge is 0.437 e. The number of para-hydroxylation sites is 1. The van der Waals surface area contributed by atoms with E-state index in [9.17, 15) is 19.7 Å². The Hall–Kier alpha value is -3.56. The Bertz CT molecular complexity index is 875. The maximum absolute atomic E-state index is 11.9. The maximum atomic E-state index is 11.9. The van der Waals surface area contributed by atoms with Gasteiger partial charge in [0.1, 0.15) is 17.4 Å². The van der Waals surface area contributed by atoms with E-state index >= 15 is 0 Å². The molecule has 1 heterocycles. The van der Waals surface area contributed by atoms with Crippen LogP contribution in [0.1, 0.15) is 38.2 Å². The Morgan fingerprint density at radius 1 is 1.10 bits per heavy atom. The van der Waals surface area contributed by atoms with Gasteiger partial charge in [0.05, 0.1) is 30.5 Å². The van der Waals surface area contributed by atoms with Gasteiger partial charge in [-0.25, -0.2) is 9.59 Å². The summed E-state index contributed by atoms with van der Waals surface area (Å²) in [5.74, 6) is -0.972. The van der Waals surface area contributed by atoms with Gasteiger partial charge in [-0.1, -0.05) is 31.5 Å². The van der Waals surface area contributed by atoms with Crippen molar-refractivity contribution in [2.45, 2.75) is 32.6 Å². The lowest BCUT2D eigenvalue weighted by molar-refractivity contribution is -0.385. The van der Waals surface area contributed by atoms with Crippen LogP contribution in [-0.4, -0.2) is 31.5 Å². The summed E-state index contributed by atoms with van der Waals surface area (Å²) in [4.78, 5) is 34.8. The molecule has 0 spiro atoms. The summed E-state index contributed by atoms with van der Waals surface area (Å²) < 4.78 is 19.8. The number of rotatable bonds is 6. The molecule has 2 rings (SSSR count). The molecule has 156 valence electrons. The van der Waals surface area contributed by atoms with Crippen LogP contribution in [0, 0.1) is 10.1 Å². The van der Waals surface area contributed by atoms with E-state index in [2.05, 4.69) is 14.8 Å². The van der Waals surface area contributed by atoms with Crippen molar-refractivity contribution in [1.29, 1.82) is 0 Å². The fraction of sp³-hybridized carbons (Fsp3) is 0.368. The van der Waals surface area contributed by atoms with Crippen LogP contribution in [0.25, 0.3) is 0 Å². The molecule has 1 atom stereocenters. The zero-order valence-electron chi connectivity index (χ0n) is 16.5. The van der Waals surface area contributed by atoms with E-state index in [0.29, 0.717) is 24.2 Å². The zero-order chi connectivity index (χ0) is 21.6. The molecule has 1 aromatic carbocycles. The van der Waals surface area contributed by atoms with Gasteiger partial charge in [0.15, 0.2) is 0 Å². The van der Waals surface area contributed by atoms with Crippen molar-refractivity contribution in [3.05, 3.63) is 62.9 Å². The van der Waals surface area contributed by atoms with E-state index in [0.717, 1.165) is 14.2 Å². The van der Waals surface area contributed by atoms with Crippen molar-refractivity contribution < 1.29 is 33.5 Å². The summed E-state index contributed by atoms with van der Waals surface area (Å²) >= 11 is 0. The molecule has 1 unspecified atom stereocenters. The molecule has 0 saturated carbocycles. The van der Waals surface area contributed by atoms with Crippen LogP contribution in [0.2, 0.25) is 0 Å². The van der Waals surface area contributed by atoms with Crippen LogP contribution in [-0.2, 0) is 18.9 Å². The minimum atomic E-state index is -1.04. The highest BCUT2D eigenvalue weighted by Crippen LogP contribution is 2.43. The van der Waals surface area contributed by atoms with E-state index in [1.165, 1.54) is 18.2 Å². The average Bonchev–Trinajstić information content (AvgIpc) is 2.71. The minimum Gasteiger partial charge on any atom is -0.437 e. The molecular weight excluding hydrogens is 384 g/mol. The number of nitrogens with zero attached hydrogens (tertiary/aromatic N) is 1. The fourth-order valence-electron chi connectivity index (χ4n) is 2.99. The van der Waals surface area contributed by atoms with Crippen molar-refractivity contribution in [1.82, 2.24) is 5.32 Å². The molecule has 0 amide bonds. The lowest BCUT2D eigenvalue weighted by Gasteiger charge is -2.30. The Morgan fingerprint density at radius 3 is 2.24 bits per heavy atom. The molecule has 0 bridgehead atoms. The highest BCUT2D eigenvalue weighted by atomic mass is 16.7. The fourth-order valence-corrected chi connectivity index (χ4v) is 2.99. The third-order valence-electron chi connectivity index (χ3n) is 4.19. The normalized spacial score (nSPS) is 16.1. The van der Waals surface area contributed by atoms with Gasteiger partial charge in [-0.2, -0.15) is 0 Å². The highest BCUT2D eigenvalue weighted by Gasteiger charge is 2.39. The molecule has 1 aliphatic rings. The number of nitrogens with one attached hydrogen (secondary N) is 1. The molecule has 0 aromatic heterocycles. The van der Waals surface area contributed by atoms with Crippen LogP contribution in [0.4, 0.5) is 15.3 Å². The number of carbonyl (C=O) groups excluding carboxylic acids is 2. The second-order valence-electron chi connectivity index (χ2n) is 6.07. The summed E-state index contributed by atoms with van der Waals surface area (Å²) in [6.07, 6.45) is -0.843. The number of dihydropyridines is 1. The number of hydrogen-bond donors (Lipinski definition) is 1. The molecule has 0 saturated heterocycles. The first kappa shape index (κ1) is 21.7. The quantitative estimate of drug-likeness (QED) is 0.422. The monoisotopic (exact) mass is 406 g/mol. The SMILES string of the molecule is CCCC1=C(OC(=O)OC)C(c2ccccc2[N+](=O)[O-])C(OC(=O)OC)=C(C)N1. The predicted octanol–water partition coefficient (Wildman–Crippen LogP) is 4.09. The lowest BCUT2D eigenvalue weighted by Crippen LogP contribution is -2.30. The third kappa shape index (κ3) is 4.84. The van der Waals surface area contributed by atoms with Crippen LogP contribution in [0.15, 0.2) is 47.2 Å². The summed E-state index contributed by atoms with van der Waals surface area (Å²) in [5.41, 5.74) is 0.916. The molecule has 1 N–H and O–H groups in total. The van der Waals surface area contributed by atoms with E-state index in [-0.39, 0.29) is 22.8 Å². The van der Waals surface area contributed by atoms with Gasteiger partial charge < -0.3 is 24.3 Å². The number of benzene rings is 1. The van der Waals surface area contributed by atoms with Crippen molar-refractivity contribution in [2.75, 3.05) is 14.2 Å². The number of carbonyl (C=O) groups is 2. The van der Waals surface area contributed by atoms with Crippen molar-refractivity contribution in [2.24, 2.45) is 0 Å². The first-order valence-electron chi connectivity index (χ1n) is 8.79. The summed E-state index contributed by atoms with van der Waals surface area (Å²) in [6.45, 7) is 3.56. The first-order chi connectivity index (χ1) is 13.8. The molecule has 0 aliphatic carbocycles. The zero-order valence-corrected chi connectivity index (χ0v) is 16.5. The van der Waals surface area contributed by atoms with Gasteiger partial charge in [-0.05, 0) is 13.3 Å². The van der Waals surface area contributed by atoms with Crippen molar-refractivity contribution >= 4 is 18.0 Å². The van der Waals surface area contributed by atoms with Gasteiger partial charge in [0.2, 0.25) is 0 Å². The van der Waals surface area contributed by atoms with E-state index < -0.39 is 23.2 Å². The number of methoxy groups -OCH3 is 2. The number of ether oxygens (including phenoxy) is 4. The van der Waals surface area contributed by atoms with Gasteiger partial charge in [0, 0.05) is 11.6 Å². The van der Waals surface area contributed by atoms with Crippen LogP contribution in [0.3, 0.4) is 0 Å². The molecule has 1 aromatic rings. The Labute approximate surface area is 167 Å². The third-order valence-corrected chi connectivity index (χ3v) is 4.19. The van der Waals surface area contributed by atoms with E-state index in [1.807, 2.05) is 6.92 Å². The van der Waals surface area contributed by atoms with Gasteiger partial charge in [-0.15, -0.1) is 0 Å². The Kier molecular flexibility index (Phi) is 7.18. The molecule has 0 radical (unpaired) electrons. The van der Waals surface area contributed by atoms with Crippen molar-refractivity contribution in [3.63, 3.8) is 0 Å². The average molecular weight is 406 g/mol. The minimum absolute atomic E-state index is 0.0184. The molecule has 10 nitrogen and oxygen atoms in total. The van der Waals surface area contributed by atoms with Crippen LogP contribution >= 0.6 is 0 Å². The summed E-state index contributed by atoms with van der Waals surface area (Å²) in [6, 6.07) is 5.94. The molecule has 0 fully saturated rings. The molecule has 1 aliphatic heterocycles. The highest BCUT2D eigenvalue weighted by molar-refractivity contribution is 5.65. The second kappa shape index (κ2) is 9.58. The standard InChI is InChI=1S/C19H22N2O8/c1-5-8-13-17(29-19(23)27-4)15(12-9-6-7-10-14(12)21(24)25)16(11(2)20-13)28-18(22)26-3/h6-7,9-10,15,20H,5,8H2,1-4H3. The molecular formula is C19H22N2O8. The molecule has 10 heteroatoms. The van der Waals surface area contributed by atoms with Gasteiger partial charge in [0.25, 0.3) is 5.69 Å². The first-order valence-corrected chi connectivity index (χ1v) is 8.79. The topological polar surface area (TPSA) is 126 Å². The lowest BCUT2D eigenvalue weighted by atomic mass is 9.88. The summed E-state index contributed by atoms with van der Waals surface area (Å²) in [7, 11) is 2.28. The Balaban J connectivity index is 2.73. The van der Waals surface area contributed by atoms with Gasteiger partial charge >= 0.3 is 12.3 Å². The largest absolute Gasteiger partial charge is 0.513 e. The summed E-state index contributed by atoms with van der Waals surface area (Å²) in [5, 5.41) is 14.7. The van der Waals surface area contributed by atoms with Crippen molar-refractivity contribution in [3.8, 4) is 0 Å². The van der Waals surface area contributed by atoms with Crippen LogP contribution in [0.5, 0.6) is 0 Å². The van der Waals surface area contributed by atoms with Gasteiger partial charge in [-0.3, -0.25) is 10.1 Å². The number of nitro benzene ring substituents is 1. The Morgan fingerprint density at radius 2 is 1.69 bits per heavy atom. The number of nitro groups is 1.